The summed E-state index contributed by atoms with van der Waals surface area (Å²) < 4.78 is 20.0. The molecule has 1 saturated heterocycles. The normalized spacial score (nSPS) is 24.9. The topological polar surface area (TPSA) is 77.5 Å². The van der Waals surface area contributed by atoms with Crippen molar-refractivity contribution in [1.82, 2.24) is 0 Å². The van der Waals surface area contributed by atoms with Gasteiger partial charge in [-0.1, -0.05) is 0 Å². The highest BCUT2D eigenvalue weighted by molar-refractivity contribution is 5.81. The molecule has 1 N–H and O–H groups in total. The first-order valence-electron chi connectivity index (χ1n) is 5.44. The number of hydrogen-bond acceptors (Lipinski definition) is 6. The second-order valence-corrected chi connectivity index (χ2v) is 3.47. The highest BCUT2D eigenvalue weighted by atomic mass is 16.7. The van der Waals surface area contributed by atoms with E-state index in [0.29, 0.717) is 6.61 Å². The minimum absolute atomic E-state index is 0.0647. The van der Waals surface area contributed by atoms with Crippen LogP contribution >= 0.6 is 0 Å². The number of rotatable bonds is 8. The molecule has 0 radical (unpaired) electrons. The average Bonchev–Trinajstić information content (AvgIpc) is 3.09. The van der Waals surface area contributed by atoms with Crippen molar-refractivity contribution in [2.75, 3.05) is 27.1 Å². The van der Waals surface area contributed by atoms with Crippen LogP contribution in [0.3, 0.4) is 0 Å². The first kappa shape index (κ1) is 14.1. The van der Waals surface area contributed by atoms with Crippen LogP contribution in [0.25, 0.3) is 0 Å². The summed E-state index contributed by atoms with van der Waals surface area (Å²) in [6.45, 7) is 2.09. The van der Waals surface area contributed by atoms with Gasteiger partial charge in [-0.25, -0.2) is 4.79 Å². The Morgan fingerprint density at radius 3 is 2.88 bits per heavy atom. The molecule has 0 aliphatic carbocycles. The van der Waals surface area contributed by atoms with Gasteiger partial charge < -0.3 is 24.1 Å². The van der Waals surface area contributed by atoms with Crippen molar-refractivity contribution in [3.8, 4) is 0 Å². The first-order chi connectivity index (χ1) is 8.22. The largest absolute Gasteiger partial charge is 0.463 e. The molecule has 0 unspecified atom stereocenters. The zero-order valence-electron chi connectivity index (χ0n) is 10.00. The Kier molecular flexibility index (Phi) is 6.13. The van der Waals surface area contributed by atoms with Crippen molar-refractivity contribution in [3.05, 3.63) is 12.2 Å². The van der Waals surface area contributed by atoms with Gasteiger partial charge in [-0.05, 0) is 13.0 Å². The third-order valence-electron chi connectivity index (χ3n) is 2.21. The Hall–Kier alpha value is -0.950. The van der Waals surface area contributed by atoms with Crippen molar-refractivity contribution < 1.29 is 28.8 Å². The van der Waals surface area contributed by atoms with E-state index in [4.69, 9.17) is 24.1 Å². The second kappa shape index (κ2) is 7.39. The van der Waals surface area contributed by atoms with Crippen molar-refractivity contribution in [1.29, 1.82) is 0 Å². The Morgan fingerprint density at radius 1 is 1.59 bits per heavy atom. The van der Waals surface area contributed by atoms with Gasteiger partial charge in [0.2, 0.25) is 0 Å². The molecule has 0 aromatic rings. The van der Waals surface area contributed by atoms with E-state index in [0.717, 1.165) is 0 Å². The first-order valence-corrected chi connectivity index (χ1v) is 5.44. The number of esters is 1. The Labute approximate surface area is 100 Å². The van der Waals surface area contributed by atoms with Gasteiger partial charge >= 0.3 is 5.97 Å². The summed E-state index contributed by atoms with van der Waals surface area (Å²) in [5.74, 6) is -0.431. The molecule has 3 atom stereocenters. The van der Waals surface area contributed by atoms with Crippen LogP contribution in [-0.4, -0.2) is 56.5 Å². The number of ether oxygens (including phenoxy) is 4. The molecule has 0 spiro atoms. The quantitative estimate of drug-likeness (QED) is 0.278. The fourth-order valence-corrected chi connectivity index (χ4v) is 1.36. The van der Waals surface area contributed by atoms with E-state index < -0.39 is 12.1 Å². The summed E-state index contributed by atoms with van der Waals surface area (Å²) in [6, 6.07) is 0. The molecular formula is C11H18O6. The summed E-state index contributed by atoms with van der Waals surface area (Å²) in [7, 11) is 1.50. The van der Waals surface area contributed by atoms with Crippen LogP contribution in [0.15, 0.2) is 12.2 Å². The molecule has 6 heteroatoms. The lowest BCUT2D eigenvalue weighted by atomic mass is 10.2. The molecule has 0 saturated carbocycles. The molecule has 0 amide bonds. The summed E-state index contributed by atoms with van der Waals surface area (Å²) >= 11 is 0. The van der Waals surface area contributed by atoms with Crippen LogP contribution in [0.2, 0.25) is 0 Å². The van der Waals surface area contributed by atoms with Gasteiger partial charge in [0.15, 0.2) is 0 Å². The van der Waals surface area contributed by atoms with Gasteiger partial charge in [-0.2, -0.15) is 0 Å². The molecule has 1 fully saturated rings. The predicted octanol–water partition coefficient (Wildman–Crippen LogP) is -0.146. The second-order valence-electron chi connectivity index (χ2n) is 3.47. The third kappa shape index (κ3) is 4.82. The van der Waals surface area contributed by atoms with Crippen LogP contribution in [0.4, 0.5) is 0 Å². The van der Waals surface area contributed by atoms with Crippen molar-refractivity contribution >= 4 is 5.97 Å². The lowest BCUT2D eigenvalue weighted by Gasteiger charge is -2.10. The fourth-order valence-electron chi connectivity index (χ4n) is 1.36. The van der Waals surface area contributed by atoms with Gasteiger partial charge in [0.05, 0.1) is 13.2 Å². The van der Waals surface area contributed by atoms with Gasteiger partial charge in [0, 0.05) is 13.2 Å². The number of aliphatic hydroxyl groups excluding tert-OH is 1. The molecule has 6 nitrogen and oxygen atoms in total. The summed E-state index contributed by atoms with van der Waals surface area (Å²) in [5, 5.41) is 8.88. The van der Waals surface area contributed by atoms with Crippen LogP contribution < -0.4 is 0 Å². The molecule has 1 aliphatic rings. The number of epoxide rings is 1. The average molecular weight is 246 g/mol. The predicted molar refractivity (Wildman–Crippen MR) is 58.3 cm³/mol. The number of carbonyl (C=O) groups excluding carboxylic acids is 1. The van der Waals surface area contributed by atoms with E-state index in [1.54, 1.807) is 13.0 Å². The van der Waals surface area contributed by atoms with Gasteiger partial charge in [-0.3, -0.25) is 0 Å². The monoisotopic (exact) mass is 246 g/mol. The number of carbonyl (C=O) groups is 1. The van der Waals surface area contributed by atoms with Gasteiger partial charge in [0.1, 0.15) is 25.1 Å². The summed E-state index contributed by atoms with van der Waals surface area (Å²) in [5.41, 5.74) is 0. The van der Waals surface area contributed by atoms with E-state index in [1.165, 1.54) is 13.2 Å². The van der Waals surface area contributed by atoms with Crippen LogP contribution in [-0.2, 0) is 23.7 Å². The maximum atomic E-state index is 11.1. The summed E-state index contributed by atoms with van der Waals surface area (Å²) in [6.07, 6.45) is 1.96. The lowest BCUT2D eigenvalue weighted by molar-refractivity contribution is -0.137. The van der Waals surface area contributed by atoms with Gasteiger partial charge in [-0.15, -0.1) is 0 Å². The standard InChI is InChI=1S/C11H18O6/c1-3-15-10(13)5-4-8(16-7-14-2)11-9(6-12)17-11/h4-5,8-9,11-12H,3,6-7H2,1-2H3/b5-4+/t8-,9+,11-/m0/s1. The summed E-state index contributed by atoms with van der Waals surface area (Å²) in [4.78, 5) is 11.1. The van der Waals surface area contributed by atoms with E-state index in [1.807, 2.05) is 0 Å². The lowest BCUT2D eigenvalue weighted by Crippen LogP contribution is -2.22. The van der Waals surface area contributed by atoms with E-state index in [-0.39, 0.29) is 25.6 Å². The number of methoxy groups -OCH3 is 1. The Balaban J connectivity index is 2.43. The van der Waals surface area contributed by atoms with E-state index in [2.05, 4.69) is 0 Å². The molecule has 1 heterocycles. The zero-order valence-corrected chi connectivity index (χ0v) is 10.00. The van der Waals surface area contributed by atoms with Crippen LogP contribution in [0.1, 0.15) is 6.92 Å². The molecule has 0 bridgehead atoms. The number of hydrogen-bond donors (Lipinski definition) is 1. The molecular weight excluding hydrogens is 228 g/mol. The van der Waals surface area contributed by atoms with E-state index >= 15 is 0 Å². The Morgan fingerprint density at radius 2 is 2.35 bits per heavy atom. The van der Waals surface area contributed by atoms with Crippen LogP contribution in [0.5, 0.6) is 0 Å². The fraction of sp³-hybridized carbons (Fsp3) is 0.727. The SMILES string of the molecule is CCOC(=O)/C=C/[C@H](OCOC)[C@@H]1O[C@@H]1CO. The van der Waals surface area contributed by atoms with Crippen molar-refractivity contribution in [2.45, 2.75) is 25.2 Å². The third-order valence-corrected chi connectivity index (χ3v) is 2.21. The maximum Gasteiger partial charge on any atom is 0.330 e. The van der Waals surface area contributed by atoms with Crippen LogP contribution in [0, 0.1) is 0 Å². The van der Waals surface area contributed by atoms with Gasteiger partial charge in [0.25, 0.3) is 0 Å². The molecule has 98 valence electrons. The Bertz CT molecular complexity index is 265. The number of aliphatic hydroxyl groups is 1. The highest BCUT2D eigenvalue weighted by Crippen LogP contribution is 2.27. The van der Waals surface area contributed by atoms with Crippen molar-refractivity contribution in [3.63, 3.8) is 0 Å². The highest BCUT2D eigenvalue weighted by Gasteiger charge is 2.44. The minimum atomic E-state index is -0.431. The molecule has 0 aromatic heterocycles. The van der Waals surface area contributed by atoms with E-state index in [9.17, 15) is 4.79 Å². The molecule has 17 heavy (non-hydrogen) atoms. The molecule has 0 aromatic carbocycles. The minimum Gasteiger partial charge on any atom is -0.463 e. The molecule has 1 rings (SSSR count). The smallest absolute Gasteiger partial charge is 0.330 e. The zero-order chi connectivity index (χ0) is 12.7. The maximum absolute atomic E-state index is 11.1. The van der Waals surface area contributed by atoms with Crippen molar-refractivity contribution in [2.24, 2.45) is 0 Å². The molecule has 1 aliphatic heterocycles.